The number of hydrazine groups is 1. The molecule has 0 spiro atoms. The molecule has 0 atom stereocenters. The van der Waals surface area contributed by atoms with E-state index in [0.717, 1.165) is 37.9 Å². The number of piperidine rings is 1. The number of unbranched alkanes of at least 4 members (excludes halogenated alkanes) is 1. The van der Waals surface area contributed by atoms with Crippen LogP contribution in [0.2, 0.25) is 0 Å². The first-order chi connectivity index (χ1) is 7.81. The Morgan fingerprint density at radius 1 is 1.38 bits per heavy atom. The van der Waals surface area contributed by atoms with Gasteiger partial charge in [-0.25, -0.2) is 5.84 Å². The second-order valence-electron chi connectivity index (χ2n) is 4.54. The van der Waals surface area contributed by atoms with Crippen molar-refractivity contribution in [2.75, 3.05) is 19.6 Å². The van der Waals surface area contributed by atoms with Crippen LogP contribution >= 0.6 is 0 Å². The molecule has 16 heavy (non-hydrogen) atoms. The van der Waals surface area contributed by atoms with Crippen LogP contribution in [-0.2, 0) is 0 Å². The topological polar surface area (TPSA) is 53.6 Å². The lowest BCUT2D eigenvalue weighted by Crippen LogP contribution is -2.48. The highest BCUT2D eigenvalue weighted by Crippen LogP contribution is 2.19. The Morgan fingerprint density at radius 2 is 2.06 bits per heavy atom. The van der Waals surface area contributed by atoms with Gasteiger partial charge in [0.15, 0.2) is 0 Å². The van der Waals surface area contributed by atoms with Crippen molar-refractivity contribution in [1.29, 1.82) is 0 Å². The van der Waals surface area contributed by atoms with Crippen LogP contribution in [0.1, 0.15) is 46.0 Å². The summed E-state index contributed by atoms with van der Waals surface area (Å²) < 4.78 is 0. The second kappa shape index (κ2) is 7.49. The van der Waals surface area contributed by atoms with Gasteiger partial charge in [0.1, 0.15) is 0 Å². The van der Waals surface area contributed by atoms with Gasteiger partial charge in [-0.2, -0.15) is 0 Å². The average Bonchev–Trinajstić information content (AvgIpc) is 2.35. The Kier molecular flexibility index (Phi) is 6.23. The van der Waals surface area contributed by atoms with Crippen molar-refractivity contribution >= 4 is 5.96 Å². The Bertz CT molecular complexity index is 207. The first kappa shape index (κ1) is 13.3. The molecule has 0 aromatic rings. The molecule has 0 saturated carbocycles. The van der Waals surface area contributed by atoms with Crippen molar-refractivity contribution in [3.8, 4) is 0 Å². The van der Waals surface area contributed by atoms with Gasteiger partial charge in [0.2, 0.25) is 5.96 Å². The van der Waals surface area contributed by atoms with E-state index in [1.54, 1.807) is 0 Å². The van der Waals surface area contributed by atoms with E-state index in [0.29, 0.717) is 0 Å². The SMILES string of the molecule is CCCCN=C(NN)N1CCC(CC)CC1. The van der Waals surface area contributed by atoms with E-state index in [1.807, 2.05) is 0 Å². The summed E-state index contributed by atoms with van der Waals surface area (Å²) in [4.78, 5) is 6.79. The summed E-state index contributed by atoms with van der Waals surface area (Å²) >= 11 is 0. The summed E-state index contributed by atoms with van der Waals surface area (Å²) in [5.74, 6) is 7.30. The minimum absolute atomic E-state index is 0.878. The second-order valence-corrected chi connectivity index (χ2v) is 4.54. The molecule has 0 amide bonds. The van der Waals surface area contributed by atoms with Crippen molar-refractivity contribution in [2.24, 2.45) is 16.8 Å². The van der Waals surface area contributed by atoms with E-state index in [-0.39, 0.29) is 0 Å². The summed E-state index contributed by atoms with van der Waals surface area (Å²) in [6.45, 7) is 7.51. The minimum Gasteiger partial charge on any atom is -0.342 e. The third-order valence-corrected chi connectivity index (χ3v) is 3.39. The Balaban J connectivity index is 2.39. The summed E-state index contributed by atoms with van der Waals surface area (Å²) in [7, 11) is 0. The number of rotatable bonds is 4. The molecule has 0 aliphatic carbocycles. The fourth-order valence-electron chi connectivity index (χ4n) is 2.13. The zero-order valence-corrected chi connectivity index (χ0v) is 10.7. The highest BCUT2D eigenvalue weighted by atomic mass is 15.4. The molecule has 0 radical (unpaired) electrons. The van der Waals surface area contributed by atoms with E-state index in [1.165, 1.54) is 25.7 Å². The zero-order chi connectivity index (χ0) is 11.8. The largest absolute Gasteiger partial charge is 0.342 e. The van der Waals surface area contributed by atoms with Gasteiger partial charge in [0.05, 0.1) is 0 Å². The predicted octanol–water partition coefficient (Wildman–Crippen LogP) is 1.73. The van der Waals surface area contributed by atoms with Crippen LogP contribution in [0.25, 0.3) is 0 Å². The fraction of sp³-hybridized carbons (Fsp3) is 0.917. The van der Waals surface area contributed by atoms with Gasteiger partial charge in [-0.05, 0) is 25.2 Å². The van der Waals surface area contributed by atoms with Gasteiger partial charge >= 0.3 is 0 Å². The number of hydrogen-bond acceptors (Lipinski definition) is 2. The molecule has 4 heteroatoms. The smallest absolute Gasteiger partial charge is 0.208 e. The molecule has 94 valence electrons. The van der Waals surface area contributed by atoms with Gasteiger partial charge in [0.25, 0.3) is 0 Å². The fourth-order valence-corrected chi connectivity index (χ4v) is 2.13. The summed E-state index contributed by atoms with van der Waals surface area (Å²) in [5, 5.41) is 0. The van der Waals surface area contributed by atoms with E-state index in [2.05, 4.69) is 29.2 Å². The first-order valence-corrected chi connectivity index (χ1v) is 6.57. The van der Waals surface area contributed by atoms with Crippen molar-refractivity contribution in [2.45, 2.75) is 46.0 Å². The number of nitrogens with two attached hydrogens (primary N) is 1. The van der Waals surface area contributed by atoms with Gasteiger partial charge in [-0.3, -0.25) is 10.4 Å². The van der Waals surface area contributed by atoms with Crippen molar-refractivity contribution < 1.29 is 0 Å². The molecule has 0 bridgehead atoms. The van der Waals surface area contributed by atoms with E-state index < -0.39 is 0 Å². The van der Waals surface area contributed by atoms with Crippen LogP contribution in [0, 0.1) is 5.92 Å². The van der Waals surface area contributed by atoms with Gasteiger partial charge in [-0.15, -0.1) is 0 Å². The van der Waals surface area contributed by atoms with Crippen molar-refractivity contribution in [3.63, 3.8) is 0 Å². The standard InChI is InChI=1S/C12H26N4/c1-3-5-8-14-12(15-13)16-9-6-11(4-2)7-10-16/h11H,3-10,13H2,1-2H3,(H,14,15). The lowest BCUT2D eigenvalue weighted by atomic mass is 9.95. The van der Waals surface area contributed by atoms with E-state index in [4.69, 9.17) is 5.84 Å². The van der Waals surface area contributed by atoms with Crippen LogP contribution in [-0.4, -0.2) is 30.5 Å². The molecule has 1 saturated heterocycles. The predicted molar refractivity (Wildman–Crippen MR) is 69.1 cm³/mol. The highest BCUT2D eigenvalue weighted by molar-refractivity contribution is 5.79. The van der Waals surface area contributed by atoms with Crippen LogP contribution < -0.4 is 11.3 Å². The Hall–Kier alpha value is -0.770. The molecule has 3 N–H and O–H groups in total. The molecule has 4 nitrogen and oxygen atoms in total. The van der Waals surface area contributed by atoms with Crippen LogP contribution in [0.5, 0.6) is 0 Å². The number of nitrogens with one attached hydrogen (secondary N) is 1. The molecule has 1 aliphatic heterocycles. The van der Waals surface area contributed by atoms with Crippen LogP contribution in [0.4, 0.5) is 0 Å². The number of guanidine groups is 1. The number of aliphatic imine (C=N–C) groups is 1. The first-order valence-electron chi connectivity index (χ1n) is 6.57. The highest BCUT2D eigenvalue weighted by Gasteiger charge is 2.19. The molecule has 1 aliphatic rings. The molecular formula is C12H26N4. The van der Waals surface area contributed by atoms with Crippen molar-refractivity contribution in [1.82, 2.24) is 10.3 Å². The van der Waals surface area contributed by atoms with Gasteiger partial charge in [0, 0.05) is 19.6 Å². The summed E-state index contributed by atoms with van der Waals surface area (Å²) in [6, 6.07) is 0. The Labute approximate surface area is 99.3 Å². The minimum atomic E-state index is 0.878. The third-order valence-electron chi connectivity index (χ3n) is 3.39. The average molecular weight is 226 g/mol. The van der Waals surface area contributed by atoms with Gasteiger partial charge < -0.3 is 4.90 Å². The maximum atomic E-state index is 5.53. The maximum Gasteiger partial charge on any atom is 0.208 e. The van der Waals surface area contributed by atoms with Gasteiger partial charge in [-0.1, -0.05) is 26.7 Å². The number of likely N-dealkylation sites (tertiary alicyclic amines) is 1. The van der Waals surface area contributed by atoms with E-state index >= 15 is 0 Å². The summed E-state index contributed by atoms with van der Waals surface area (Å²) in [5.41, 5.74) is 2.74. The lowest BCUT2D eigenvalue weighted by Gasteiger charge is -2.33. The molecule has 1 heterocycles. The molecule has 1 fully saturated rings. The quantitative estimate of drug-likeness (QED) is 0.252. The van der Waals surface area contributed by atoms with Crippen LogP contribution in [0.15, 0.2) is 4.99 Å². The maximum absolute atomic E-state index is 5.53. The van der Waals surface area contributed by atoms with E-state index in [9.17, 15) is 0 Å². The third kappa shape index (κ3) is 4.00. The number of nitrogens with zero attached hydrogens (tertiary/aromatic N) is 2. The normalized spacial score (nSPS) is 18.9. The monoisotopic (exact) mass is 226 g/mol. The van der Waals surface area contributed by atoms with Crippen LogP contribution in [0.3, 0.4) is 0 Å². The molecule has 0 aromatic carbocycles. The van der Waals surface area contributed by atoms with Crippen molar-refractivity contribution in [3.05, 3.63) is 0 Å². The molecule has 0 unspecified atom stereocenters. The Morgan fingerprint density at radius 3 is 2.56 bits per heavy atom. The summed E-state index contributed by atoms with van der Waals surface area (Å²) in [6.07, 6.45) is 6.15. The molecule has 0 aromatic heterocycles. The lowest BCUT2D eigenvalue weighted by molar-refractivity contribution is 0.255. The molecular weight excluding hydrogens is 200 g/mol. The zero-order valence-electron chi connectivity index (χ0n) is 10.7. The number of hydrogen-bond donors (Lipinski definition) is 2. The molecule has 1 rings (SSSR count).